The van der Waals surface area contributed by atoms with E-state index in [2.05, 4.69) is 25.2 Å². The lowest BCUT2D eigenvalue weighted by Gasteiger charge is -2.14. The highest BCUT2D eigenvalue weighted by molar-refractivity contribution is 5.50. The molecule has 1 aliphatic heterocycles. The average Bonchev–Trinajstić information content (AvgIpc) is 2.73. The molecule has 3 heteroatoms. The summed E-state index contributed by atoms with van der Waals surface area (Å²) in [6.07, 6.45) is 3.10. The fraction of sp³-hybridized carbons (Fsp3) is 0.571. The molecule has 94 valence electrons. The van der Waals surface area contributed by atoms with Crippen LogP contribution in [-0.4, -0.2) is 25.9 Å². The van der Waals surface area contributed by atoms with Gasteiger partial charge in [0.25, 0.3) is 0 Å². The molecule has 0 aromatic heterocycles. The molecule has 0 spiro atoms. The number of nitrogens with one attached hydrogen (secondary N) is 1. The Kier molecular flexibility index (Phi) is 3.89. The monoisotopic (exact) mass is 235 g/mol. The number of benzene rings is 1. The van der Waals surface area contributed by atoms with Crippen LogP contribution in [0.3, 0.4) is 0 Å². The van der Waals surface area contributed by atoms with Crippen molar-refractivity contribution in [3.05, 3.63) is 23.8 Å². The number of hydrogen-bond donors (Lipinski definition) is 1. The van der Waals surface area contributed by atoms with Gasteiger partial charge in [-0.3, -0.25) is 0 Å². The van der Waals surface area contributed by atoms with Crippen molar-refractivity contribution >= 4 is 5.69 Å². The lowest BCUT2D eigenvalue weighted by atomic mass is 10.2. The molecule has 1 heterocycles. The normalized spacial score (nSPS) is 23.7. The maximum atomic E-state index is 5.77. The number of anilines is 1. The average molecular weight is 235 g/mol. The van der Waals surface area contributed by atoms with E-state index in [1.54, 1.807) is 7.11 Å². The van der Waals surface area contributed by atoms with E-state index in [1.165, 1.54) is 6.42 Å². The molecule has 2 atom stereocenters. The minimum atomic E-state index is 0.354. The third-order valence-electron chi connectivity index (χ3n) is 3.25. The summed E-state index contributed by atoms with van der Waals surface area (Å²) in [5, 5.41) is 3.42. The van der Waals surface area contributed by atoms with Crippen LogP contribution in [0.15, 0.2) is 18.2 Å². The first-order valence-corrected chi connectivity index (χ1v) is 6.23. The van der Waals surface area contributed by atoms with Gasteiger partial charge in [0.05, 0.1) is 19.3 Å². The van der Waals surface area contributed by atoms with Crippen molar-refractivity contribution in [1.29, 1.82) is 0 Å². The van der Waals surface area contributed by atoms with E-state index in [-0.39, 0.29) is 0 Å². The Labute approximate surface area is 103 Å². The number of methoxy groups -OCH3 is 1. The molecule has 1 saturated heterocycles. The third kappa shape index (κ3) is 3.13. The number of ether oxygens (including phenoxy) is 2. The van der Waals surface area contributed by atoms with Crippen molar-refractivity contribution in [3.63, 3.8) is 0 Å². The minimum absolute atomic E-state index is 0.354. The highest BCUT2D eigenvalue weighted by atomic mass is 16.5. The van der Waals surface area contributed by atoms with Crippen molar-refractivity contribution in [1.82, 2.24) is 0 Å². The lowest BCUT2D eigenvalue weighted by Crippen LogP contribution is -2.19. The molecule has 0 bridgehead atoms. The fourth-order valence-electron chi connectivity index (χ4n) is 2.26. The molecule has 1 fully saturated rings. The summed E-state index contributed by atoms with van der Waals surface area (Å²) in [6.45, 7) is 5.08. The van der Waals surface area contributed by atoms with Gasteiger partial charge < -0.3 is 14.8 Å². The van der Waals surface area contributed by atoms with Crippen LogP contribution >= 0.6 is 0 Å². The second kappa shape index (κ2) is 5.41. The second-order valence-corrected chi connectivity index (χ2v) is 4.71. The lowest BCUT2D eigenvalue weighted by molar-refractivity contribution is 0.0637. The zero-order chi connectivity index (χ0) is 12.3. The Balaban J connectivity index is 1.88. The van der Waals surface area contributed by atoms with E-state index in [9.17, 15) is 0 Å². The van der Waals surface area contributed by atoms with Crippen molar-refractivity contribution in [2.45, 2.75) is 38.9 Å². The SMILES string of the molecule is COc1ccc(NCC2CCC(C)O2)cc1C. The smallest absolute Gasteiger partial charge is 0.121 e. The van der Waals surface area contributed by atoms with Gasteiger partial charge in [-0.25, -0.2) is 0 Å². The Hall–Kier alpha value is -1.22. The first kappa shape index (κ1) is 12.2. The van der Waals surface area contributed by atoms with Crippen molar-refractivity contribution in [3.8, 4) is 5.75 Å². The third-order valence-corrected chi connectivity index (χ3v) is 3.25. The highest BCUT2D eigenvalue weighted by Crippen LogP contribution is 2.23. The Bertz CT molecular complexity index is 378. The topological polar surface area (TPSA) is 30.5 Å². The van der Waals surface area contributed by atoms with Crippen LogP contribution in [0.2, 0.25) is 0 Å². The predicted octanol–water partition coefficient (Wildman–Crippen LogP) is 2.98. The van der Waals surface area contributed by atoms with Crippen LogP contribution in [-0.2, 0) is 4.74 Å². The summed E-state index contributed by atoms with van der Waals surface area (Å²) < 4.78 is 11.0. The molecular formula is C14H21NO2. The fourth-order valence-corrected chi connectivity index (χ4v) is 2.26. The van der Waals surface area contributed by atoms with Gasteiger partial charge in [-0.15, -0.1) is 0 Å². The van der Waals surface area contributed by atoms with Crippen LogP contribution in [0.25, 0.3) is 0 Å². The number of rotatable bonds is 4. The molecule has 2 unspecified atom stereocenters. The largest absolute Gasteiger partial charge is 0.496 e. The van der Waals surface area contributed by atoms with Crippen molar-refractivity contribution < 1.29 is 9.47 Å². The molecule has 1 aromatic carbocycles. The second-order valence-electron chi connectivity index (χ2n) is 4.71. The minimum Gasteiger partial charge on any atom is -0.496 e. The van der Waals surface area contributed by atoms with E-state index >= 15 is 0 Å². The Morgan fingerprint density at radius 3 is 2.82 bits per heavy atom. The Morgan fingerprint density at radius 2 is 2.24 bits per heavy atom. The molecule has 1 aliphatic rings. The van der Waals surface area contributed by atoms with Crippen LogP contribution in [0, 0.1) is 6.92 Å². The summed E-state index contributed by atoms with van der Waals surface area (Å²) in [4.78, 5) is 0. The molecule has 3 nitrogen and oxygen atoms in total. The molecular weight excluding hydrogens is 214 g/mol. The quantitative estimate of drug-likeness (QED) is 0.870. The molecule has 0 aliphatic carbocycles. The standard InChI is InChI=1S/C14H21NO2/c1-10-8-12(5-7-14(10)16-3)15-9-13-6-4-11(2)17-13/h5,7-8,11,13,15H,4,6,9H2,1-3H3. The maximum Gasteiger partial charge on any atom is 0.121 e. The van der Waals surface area contributed by atoms with E-state index in [4.69, 9.17) is 9.47 Å². The van der Waals surface area contributed by atoms with E-state index in [1.807, 2.05) is 12.1 Å². The molecule has 0 amide bonds. The highest BCUT2D eigenvalue weighted by Gasteiger charge is 2.21. The summed E-state index contributed by atoms with van der Waals surface area (Å²) in [5.41, 5.74) is 2.28. The van der Waals surface area contributed by atoms with Crippen LogP contribution in [0.5, 0.6) is 5.75 Å². The van der Waals surface area contributed by atoms with Crippen LogP contribution < -0.4 is 10.1 Å². The first-order chi connectivity index (χ1) is 8.19. The van der Waals surface area contributed by atoms with Gasteiger partial charge in [0.15, 0.2) is 0 Å². The van der Waals surface area contributed by atoms with Gasteiger partial charge in [-0.05, 0) is 50.5 Å². The zero-order valence-corrected chi connectivity index (χ0v) is 10.8. The molecule has 0 saturated carbocycles. The first-order valence-electron chi connectivity index (χ1n) is 6.23. The van der Waals surface area contributed by atoms with Crippen LogP contribution in [0.1, 0.15) is 25.3 Å². The summed E-state index contributed by atoms with van der Waals surface area (Å²) in [5.74, 6) is 0.932. The van der Waals surface area contributed by atoms with Gasteiger partial charge in [0.1, 0.15) is 5.75 Å². The van der Waals surface area contributed by atoms with Gasteiger partial charge in [-0.1, -0.05) is 0 Å². The van der Waals surface area contributed by atoms with Crippen molar-refractivity contribution in [2.75, 3.05) is 19.0 Å². The van der Waals surface area contributed by atoms with Gasteiger partial charge in [0.2, 0.25) is 0 Å². The van der Waals surface area contributed by atoms with Crippen LogP contribution in [0.4, 0.5) is 5.69 Å². The van der Waals surface area contributed by atoms with Gasteiger partial charge in [-0.2, -0.15) is 0 Å². The van der Waals surface area contributed by atoms with E-state index in [0.29, 0.717) is 12.2 Å². The maximum absolute atomic E-state index is 5.77. The molecule has 17 heavy (non-hydrogen) atoms. The Morgan fingerprint density at radius 1 is 1.41 bits per heavy atom. The van der Waals surface area contributed by atoms with Crippen molar-refractivity contribution in [2.24, 2.45) is 0 Å². The van der Waals surface area contributed by atoms with Gasteiger partial charge in [0, 0.05) is 12.2 Å². The van der Waals surface area contributed by atoms with Gasteiger partial charge >= 0.3 is 0 Å². The number of aryl methyl sites for hydroxylation is 1. The summed E-state index contributed by atoms with van der Waals surface area (Å²) in [7, 11) is 1.70. The molecule has 2 rings (SSSR count). The molecule has 0 radical (unpaired) electrons. The van der Waals surface area contributed by atoms with E-state index in [0.717, 1.165) is 30.0 Å². The summed E-state index contributed by atoms with van der Waals surface area (Å²) >= 11 is 0. The molecule has 1 N–H and O–H groups in total. The summed E-state index contributed by atoms with van der Waals surface area (Å²) in [6, 6.07) is 6.15. The predicted molar refractivity (Wildman–Crippen MR) is 69.8 cm³/mol. The number of hydrogen-bond acceptors (Lipinski definition) is 3. The molecule has 1 aromatic rings. The van der Waals surface area contributed by atoms with E-state index < -0.39 is 0 Å². The zero-order valence-electron chi connectivity index (χ0n) is 10.8.